The average molecular weight is 202 g/mol. The van der Waals surface area contributed by atoms with Crippen LogP contribution in [0.25, 0.3) is 5.82 Å². The summed E-state index contributed by atoms with van der Waals surface area (Å²) in [5.41, 5.74) is 6.98. The van der Waals surface area contributed by atoms with E-state index in [2.05, 4.69) is 15.1 Å². The van der Waals surface area contributed by atoms with Gasteiger partial charge >= 0.3 is 0 Å². The smallest absolute Gasteiger partial charge is 0.166 e. The molecule has 0 unspecified atom stereocenters. The van der Waals surface area contributed by atoms with Crippen molar-refractivity contribution in [2.75, 3.05) is 0 Å². The second-order valence-electron chi connectivity index (χ2n) is 3.08. The van der Waals surface area contributed by atoms with Crippen LogP contribution in [0.3, 0.4) is 0 Å². The second kappa shape index (κ2) is 3.49. The highest BCUT2D eigenvalue weighted by molar-refractivity contribution is 5.99. The summed E-state index contributed by atoms with van der Waals surface area (Å²) in [5, 5.41) is 11.5. The van der Waals surface area contributed by atoms with Gasteiger partial charge in [-0.1, -0.05) is 0 Å². The topological polar surface area (TPSA) is 93.5 Å². The summed E-state index contributed by atoms with van der Waals surface area (Å²) in [7, 11) is 0. The van der Waals surface area contributed by atoms with Gasteiger partial charge in [-0.15, -0.1) is 0 Å². The lowest BCUT2D eigenvalue weighted by atomic mass is 10.1. The van der Waals surface area contributed by atoms with E-state index in [4.69, 9.17) is 11.1 Å². The molecule has 0 fully saturated rings. The molecule has 0 aromatic carbocycles. The van der Waals surface area contributed by atoms with Crippen molar-refractivity contribution >= 4 is 5.84 Å². The number of nitrogens with two attached hydrogens (primary N) is 1. The number of aryl methyl sites for hydroxylation is 1. The van der Waals surface area contributed by atoms with E-state index in [1.54, 1.807) is 12.3 Å². The maximum atomic E-state index is 7.50. The third-order valence-corrected chi connectivity index (χ3v) is 2.04. The second-order valence-corrected chi connectivity index (χ2v) is 3.08. The highest BCUT2D eigenvalue weighted by atomic mass is 15.3. The van der Waals surface area contributed by atoms with Crippen LogP contribution in [-0.4, -0.2) is 25.6 Å². The Kier molecular flexibility index (Phi) is 2.17. The molecule has 6 heteroatoms. The first kappa shape index (κ1) is 9.32. The highest BCUT2D eigenvalue weighted by Crippen LogP contribution is 2.13. The predicted molar refractivity (Wildman–Crippen MR) is 54.9 cm³/mol. The van der Waals surface area contributed by atoms with E-state index in [1.165, 1.54) is 17.3 Å². The number of hydrogen-bond donors (Lipinski definition) is 2. The van der Waals surface area contributed by atoms with Gasteiger partial charge in [0, 0.05) is 6.20 Å². The van der Waals surface area contributed by atoms with Crippen molar-refractivity contribution in [3.63, 3.8) is 0 Å². The third kappa shape index (κ3) is 1.56. The molecular formula is C9H10N6. The molecule has 6 nitrogen and oxygen atoms in total. The monoisotopic (exact) mass is 202 g/mol. The minimum atomic E-state index is -0.0221. The number of aromatic nitrogens is 4. The van der Waals surface area contributed by atoms with Crippen LogP contribution in [0.15, 0.2) is 24.9 Å². The van der Waals surface area contributed by atoms with Gasteiger partial charge in [0.25, 0.3) is 0 Å². The Morgan fingerprint density at radius 2 is 2.33 bits per heavy atom. The molecule has 2 aromatic heterocycles. The maximum absolute atomic E-state index is 7.50. The molecule has 0 spiro atoms. The van der Waals surface area contributed by atoms with Gasteiger partial charge in [-0.05, 0) is 18.6 Å². The minimum Gasteiger partial charge on any atom is -0.384 e. The molecule has 15 heavy (non-hydrogen) atoms. The van der Waals surface area contributed by atoms with Gasteiger partial charge in [-0.25, -0.2) is 14.6 Å². The van der Waals surface area contributed by atoms with Gasteiger partial charge in [0.1, 0.15) is 18.5 Å². The molecule has 2 heterocycles. The van der Waals surface area contributed by atoms with E-state index >= 15 is 0 Å². The maximum Gasteiger partial charge on any atom is 0.166 e. The van der Waals surface area contributed by atoms with Crippen molar-refractivity contribution in [2.24, 2.45) is 5.73 Å². The average Bonchev–Trinajstić information content (AvgIpc) is 2.69. The molecule has 0 bridgehead atoms. The summed E-state index contributed by atoms with van der Waals surface area (Å²) in [6.45, 7) is 1.87. The number of pyridine rings is 1. The van der Waals surface area contributed by atoms with Crippen LogP contribution in [0.5, 0.6) is 0 Å². The molecule has 2 rings (SSSR count). The Morgan fingerprint density at radius 1 is 1.53 bits per heavy atom. The molecule has 76 valence electrons. The molecular weight excluding hydrogens is 192 g/mol. The van der Waals surface area contributed by atoms with Crippen LogP contribution < -0.4 is 5.73 Å². The van der Waals surface area contributed by atoms with Crippen LogP contribution in [0.4, 0.5) is 0 Å². The molecule has 0 atom stereocenters. The summed E-state index contributed by atoms with van der Waals surface area (Å²) in [6.07, 6.45) is 4.58. The third-order valence-electron chi connectivity index (χ3n) is 2.04. The summed E-state index contributed by atoms with van der Waals surface area (Å²) < 4.78 is 1.49. The van der Waals surface area contributed by atoms with Crippen LogP contribution in [0, 0.1) is 12.3 Å². The largest absolute Gasteiger partial charge is 0.384 e. The number of hydrogen-bond acceptors (Lipinski definition) is 4. The Balaban J connectivity index is 2.66. The van der Waals surface area contributed by atoms with Crippen LogP contribution in [-0.2, 0) is 0 Å². The zero-order valence-corrected chi connectivity index (χ0v) is 8.18. The number of nitrogens with one attached hydrogen (secondary N) is 1. The zero-order valence-electron chi connectivity index (χ0n) is 8.18. The van der Waals surface area contributed by atoms with Crippen molar-refractivity contribution < 1.29 is 0 Å². The van der Waals surface area contributed by atoms with Crippen LogP contribution >= 0.6 is 0 Å². The molecule has 0 aliphatic rings. The Morgan fingerprint density at radius 3 is 2.93 bits per heavy atom. The number of rotatable bonds is 2. The number of nitrogen functional groups attached to an aromatic ring is 1. The van der Waals surface area contributed by atoms with Crippen molar-refractivity contribution in [1.29, 1.82) is 5.41 Å². The lowest BCUT2D eigenvalue weighted by molar-refractivity contribution is 0.840. The standard InChI is InChI=1S/C9H10N6/c1-6-2-3-13-9(7(6)8(10)11)15-5-12-4-14-15/h2-5H,1H3,(H3,10,11). The van der Waals surface area contributed by atoms with Gasteiger partial charge in [0.05, 0.1) is 5.56 Å². The Labute approximate surface area is 86.3 Å². The highest BCUT2D eigenvalue weighted by Gasteiger charge is 2.11. The molecule has 0 aliphatic carbocycles. The zero-order chi connectivity index (χ0) is 10.8. The van der Waals surface area contributed by atoms with E-state index in [-0.39, 0.29) is 5.84 Å². The lowest BCUT2D eigenvalue weighted by Gasteiger charge is -2.08. The number of nitrogens with zero attached hydrogens (tertiary/aromatic N) is 4. The normalized spacial score (nSPS) is 10.2. The molecule has 0 radical (unpaired) electrons. The number of amidine groups is 1. The van der Waals surface area contributed by atoms with Gasteiger partial charge in [-0.2, -0.15) is 5.10 Å². The Hall–Kier alpha value is -2.24. The van der Waals surface area contributed by atoms with Crippen molar-refractivity contribution in [2.45, 2.75) is 6.92 Å². The fourth-order valence-electron chi connectivity index (χ4n) is 1.37. The predicted octanol–water partition coefficient (Wildman–Crippen LogP) is 0.255. The summed E-state index contributed by atoms with van der Waals surface area (Å²) in [5.74, 6) is 0.506. The molecule has 0 aliphatic heterocycles. The first-order valence-corrected chi connectivity index (χ1v) is 4.35. The minimum absolute atomic E-state index is 0.0221. The Bertz CT molecular complexity index is 487. The SMILES string of the molecule is Cc1ccnc(-n2cncn2)c1C(=N)N. The van der Waals surface area contributed by atoms with Crippen LogP contribution in [0.1, 0.15) is 11.1 Å². The van der Waals surface area contributed by atoms with Gasteiger partial charge in [-0.3, -0.25) is 5.41 Å². The lowest BCUT2D eigenvalue weighted by Crippen LogP contribution is -2.17. The summed E-state index contributed by atoms with van der Waals surface area (Å²) >= 11 is 0. The van der Waals surface area contributed by atoms with E-state index in [1.807, 2.05) is 6.92 Å². The van der Waals surface area contributed by atoms with Gasteiger partial charge in [0.2, 0.25) is 0 Å². The quantitative estimate of drug-likeness (QED) is 0.539. The molecule has 0 saturated carbocycles. The van der Waals surface area contributed by atoms with E-state index < -0.39 is 0 Å². The first-order valence-electron chi connectivity index (χ1n) is 4.35. The fourth-order valence-corrected chi connectivity index (χ4v) is 1.37. The van der Waals surface area contributed by atoms with Gasteiger partial charge in [0.15, 0.2) is 5.82 Å². The van der Waals surface area contributed by atoms with Crippen molar-refractivity contribution in [3.8, 4) is 5.82 Å². The van der Waals surface area contributed by atoms with Crippen molar-refractivity contribution in [3.05, 3.63) is 36.0 Å². The molecule has 0 saturated heterocycles. The van der Waals surface area contributed by atoms with Crippen molar-refractivity contribution in [1.82, 2.24) is 19.7 Å². The molecule has 0 amide bonds. The summed E-state index contributed by atoms with van der Waals surface area (Å²) in [4.78, 5) is 7.97. The molecule has 3 N–H and O–H groups in total. The van der Waals surface area contributed by atoms with E-state index in [0.29, 0.717) is 11.4 Å². The molecule has 2 aromatic rings. The van der Waals surface area contributed by atoms with Crippen LogP contribution in [0.2, 0.25) is 0 Å². The van der Waals surface area contributed by atoms with E-state index in [9.17, 15) is 0 Å². The first-order chi connectivity index (χ1) is 7.20. The summed E-state index contributed by atoms with van der Waals surface area (Å²) in [6, 6.07) is 1.80. The van der Waals surface area contributed by atoms with Gasteiger partial charge < -0.3 is 5.73 Å². The van der Waals surface area contributed by atoms with E-state index in [0.717, 1.165) is 5.56 Å². The fraction of sp³-hybridized carbons (Fsp3) is 0.111.